The van der Waals surface area contributed by atoms with E-state index in [1.54, 1.807) is 37.6 Å². The van der Waals surface area contributed by atoms with Crippen molar-refractivity contribution in [3.05, 3.63) is 81.6 Å². The van der Waals surface area contributed by atoms with Gasteiger partial charge in [0.15, 0.2) is 0 Å². The molecule has 3 aromatic rings. The van der Waals surface area contributed by atoms with E-state index in [9.17, 15) is 14.7 Å². The lowest BCUT2D eigenvalue weighted by Gasteiger charge is -2.11. The Bertz CT molecular complexity index is 1150. The molecule has 1 amide bonds. The Kier molecular flexibility index (Phi) is 6.77. The van der Waals surface area contributed by atoms with Gasteiger partial charge in [0, 0.05) is 22.6 Å². The summed E-state index contributed by atoms with van der Waals surface area (Å²) in [4.78, 5) is 23.5. The molecule has 7 nitrogen and oxygen atoms in total. The van der Waals surface area contributed by atoms with Crippen molar-refractivity contribution in [2.45, 2.75) is 20.3 Å². The second-order valence-electron chi connectivity index (χ2n) is 6.95. The lowest BCUT2D eigenvalue weighted by molar-refractivity contribution is -0.120. The van der Waals surface area contributed by atoms with Crippen LogP contribution in [-0.2, 0) is 11.2 Å². The van der Waals surface area contributed by atoms with E-state index < -0.39 is 5.97 Å². The molecular formula is C23H22ClN3O4. The first-order valence-electron chi connectivity index (χ1n) is 9.47. The minimum atomic E-state index is -1.09. The number of carboxylic acids is 1. The fourth-order valence-corrected chi connectivity index (χ4v) is 3.47. The van der Waals surface area contributed by atoms with Gasteiger partial charge in [-0.25, -0.2) is 10.2 Å². The van der Waals surface area contributed by atoms with E-state index in [4.69, 9.17) is 16.3 Å². The number of nitrogens with one attached hydrogen (secondary N) is 1. The molecule has 1 heterocycles. The number of benzene rings is 2. The second-order valence-corrected chi connectivity index (χ2v) is 7.36. The third-order valence-electron chi connectivity index (χ3n) is 4.83. The number of rotatable bonds is 7. The molecular weight excluding hydrogens is 418 g/mol. The Morgan fingerprint density at radius 1 is 1.16 bits per heavy atom. The summed E-state index contributed by atoms with van der Waals surface area (Å²) in [5.74, 6) is -0.594. The van der Waals surface area contributed by atoms with E-state index in [0.29, 0.717) is 5.69 Å². The number of ether oxygens (including phenoxy) is 1. The smallest absolute Gasteiger partial charge is 0.337 e. The molecule has 1 aromatic heterocycles. The van der Waals surface area contributed by atoms with Crippen molar-refractivity contribution in [2.24, 2.45) is 5.10 Å². The quantitative estimate of drug-likeness (QED) is 0.427. The summed E-state index contributed by atoms with van der Waals surface area (Å²) >= 11 is 5.98. The minimum absolute atomic E-state index is 0.0349. The number of hydrazone groups is 1. The molecule has 0 aliphatic rings. The maximum atomic E-state index is 12.1. The molecule has 0 aliphatic carbocycles. The van der Waals surface area contributed by atoms with Crippen LogP contribution in [0.15, 0.2) is 53.6 Å². The van der Waals surface area contributed by atoms with Crippen molar-refractivity contribution in [1.82, 2.24) is 9.99 Å². The molecule has 160 valence electrons. The summed E-state index contributed by atoms with van der Waals surface area (Å²) in [6, 6.07) is 14.0. The molecule has 0 radical (unpaired) electrons. The van der Waals surface area contributed by atoms with Crippen LogP contribution >= 0.6 is 11.6 Å². The van der Waals surface area contributed by atoms with Crippen LogP contribution in [-0.4, -0.2) is 34.9 Å². The number of carbonyl (C=O) groups is 2. The van der Waals surface area contributed by atoms with E-state index in [2.05, 4.69) is 10.5 Å². The summed E-state index contributed by atoms with van der Waals surface area (Å²) in [6.45, 7) is 3.80. The first-order chi connectivity index (χ1) is 14.8. The van der Waals surface area contributed by atoms with Crippen LogP contribution in [0.1, 0.15) is 32.9 Å². The summed E-state index contributed by atoms with van der Waals surface area (Å²) < 4.78 is 7.01. The van der Waals surface area contributed by atoms with Gasteiger partial charge in [0.25, 0.3) is 0 Å². The normalized spacial score (nSPS) is 11.0. The van der Waals surface area contributed by atoms with Gasteiger partial charge >= 0.3 is 5.97 Å². The summed E-state index contributed by atoms with van der Waals surface area (Å²) in [5, 5.41) is 13.6. The second kappa shape index (κ2) is 9.49. The van der Waals surface area contributed by atoms with E-state index in [1.807, 2.05) is 36.6 Å². The number of carbonyl (C=O) groups excluding carboxylic acids is 1. The third-order valence-corrected chi connectivity index (χ3v) is 5.16. The number of hydrogen-bond donors (Lipinski definition) is 2. The number of halogens is 1. The molecule has 0 unspecified atom stereocenters. The van der Waals surface area contributed by atoms with Gasteiger partial charge in [-0.15, -0.1) is 0 Å². The fraction of sp³-hybridized carbons (Fsp3) is 0.174. The van der Waals surface area contributed by atoms with Gasteiger partial charge in [0.2, 0.25) is 5.91 Å². The van der Waals surface area contributed by atoms with Crippen LogP contribution in [0.2, 0.25) is 5.02 Å². The van der Waals surface area contributed by atoms with Gasteiger partial charge < -0.3 is 14.4 Å². The fourth-order valence-electron chi connectivity index (χ4n) is 3.27. The third kappa shape index (κ3) is 5.13. The largest absolute Gasteiger partial charge is 0.497 e. The lowest BCUT2D eigenvalue weighted by atomic mass is 10.1. The number of amides is 1. The average Bonchev–Trinajstić information content (AvgIpc) is 3.02. The van der Waals surface area contributed by atoms with Crippen LogP contribution in [0.3, 0.4) is 0 Å². The van der Waals surface area contributed by atoms with Gasteiger partial charge in [-0.3, -0.25) is 4.79 Å². The molecule has 0 aliphatic heterocycles. The number of aromatic carboxylic acids is 1. The van der Waals surface area contributed by atoms with Crippen molar-refractivity contribution in [3.8, 4) is 11.4 Å². The number of aryl methyl sites for hydroxylation is 1. The van der Waals surface area contributed by atoms with Gasteiger partial charge in [-0.05, 0) is 55.8 Å². The highest BCUT2D eigenvalue weighted by Crippen LogP contribution is 2.24. The molecule has 2 N–H and O–H groups in total. The molecule has 0 spiro atoms. The average molecular weight is 440 g/mol. The summed E-state index contributed by atoms with van der Waals surface area (Å²) in [5.41, 5.74) is 6.64. The number of carboxylic acid groups (broad SMARTS) is 1. The Balaban J connectivity index is 1.73. The number of hydrogen-bond acceptors (Lipinski definition) is 4. The predicted molar refractivity (Wildman–Crippen MR) is 120 cm³/mol. The topological polar surface area (TPSA) is 92.9 Å². The van der Waals surface area contributed by atoms with Crippen molar-refractivity contribution in [2.75, 3.05) is 7.11 Å². The van der Waals surface area contributed by atoms with Crippen LogP contribution in [0.25, 0.3) is 5.69 Å². The zero-order chi connectivity index (χ0) is 22.5. The Morgan fingerprint density at radius 2 is 1.87 bits per heavy atom. The SMILES string of the molecule is COc1ccc(CC(=O)N/N=C/c2cc(C)n(-c3ccc(Cl)c(C(=O)O)c3)c2C)cc1. The van der Waals surface area contributed by atoms with Crippen molar-refractivity contribution in [3.63, 3.8) is 0 Å². The number of methoxy groups -OCH3 is 1. The number of aromatic nitrogens is 1. The van der Waals surface area contributed by atoms with Gasteiger partial charge in [-0.2, -0.15) is 5.10 Å². The zero-order valence-corrected chi connectivity index (χ0v) is 18.1. The van der Waals surface area contributed by atoms with E-state index in [0.717, 1.165) is 28.3 Å². The molecule has 8 heteroatoms. The minimum Gasteiger partial charge on any atom is -0.497 e. The van der Waals surface area contributed by atoms with E-state index in [1.165, 1.54) is 6.07 Å². The molecule has 31 heavy (non-hydrogen) atoms. The lowest BCUT2D eigenvalue weighted by Crippen LogP contribution is -2.19. The molecule has 2 aromatic carbocycles. The standard InChI is InChI=1S/C23H22ClN3O4/c1-14-10-17(13-25-26-22(28)11-16-4-7-19(31-3)8-5-16)15(2)27(14)18-6-9-21(24)20(12-18)23(29)30/h4-10,12-13H,11H2,1-3H3,(H,26,28)(H,29,30)/b25-13+. The van der Waals surface area contributed by atoms with Gasteiger partial charge in [-0.1, -0.05) is 23.7 Å². The summed E-state index contributed by atoms with van der Waals surface area (Å²) in [6.07, 6.45) is 1.77. The van der Waals surface area contributed by atoms with Crippen LogP contribution in [0.4, 0.5) is 0 Å². The highest BCUT2D eigenvalue weighted by molar-refractivity contribution is 6.33. The molecule has 0 atom stereocenters. The van der Waals surface area contributed by atoms with Gasteiger partial charge in [0.05, 0.1) is 30.3 Å². The van der Waals surface area contributed by atoms with E-state index in [-0.39, 0.29) is 22.9 Å². The summed E-state index contributed by atoms with van der Waals surface area (Å²) in [7, 11) is 1.59. The number of nitrogens with zero attached hydrogens (tertiary/aromatic N) is 2. The Labute approximate surface area is 184 Å². The molecule has 3 rings (SSSR count). The molecule has 0 saturated carbocycles. The highest BCUT2D eigenvalue weighted by Gasteiger charge is 2.14. The van der Waals surface area contributed by atoms with Crippen molar-refractivity contribution < 1.29 is 19.4 Å². The van der Waals surface area contributed by atoms with Crippen molar-refractivity contribution in [1.29, 1.82) is 0 Å². The zero-order valence-electron chi connectivity index (χ0n) is 17.3. The Hall–Kier alpha value is -3.58. The van der Waals surface area contributed by atoms with Crippen LogP contribution in [0.5, 0.6) is 5.75 Å². The predicted octanol–water partition coefficient (Wildman–Crippen LogP) is 4.15. The highest BCUT2D eigenvalue weighted by atomic mass is 35.5. The maximum absolute atomic E-state index is 12.1. The molecule has 0 fully saturated rings. The van der Waals surface area contributed by atoms with Gasteiger partial charge in [0.1, 0.15) is 5.75 Å². The van der Waals surface area contributed by atoms with Crippen LogP contribution in [0, 0.1) is 13.8 Å². The molecule has 0 saturated heterocycles. The molecule has 0 bridgehead atoms. The van der Waals surface area contributed by atoms with Crippen molar-refractivity contribution >= 4 is 29.7 Å². The van der Waals surface area contributed by atoms with E-state index >= 15 is 0 Å². The first kappa shape index (κ1) is 22.1. The first-order valence-corrected chi connectivity index (χ1v) is 9.85. The Morgan fingerprint density at radius 3 is 2.52 bits per heavy atom. The maximum Gasteiger partial charge on any atom is 0.337 e. The van der Waals surface area contributed by atoms with Crippen LogP contribution < -0.4 is 10.2 Å². The monoisotopic (exact) mass is 439 g/mol.